The van der Waals surface area contributed by atoms with Gasteiger partial charge in [0, 0.05) is 26.5 Å². The lowest BCUT2D eigenvalue weighted by atomic mass is 9.96. The maximum absolute atomic E-state index is 13.0. The third-order valence-electron chi connectivity index (χ3n) is 4.50. The van der Waals surface area contributed by atoms with Crippen molar-refractivity contribution in [2.24, 2.45) is 0 Å². The molecule has 0 aliphatic carbocycles. The normalized spacial score (nSPS) is 22.4. The monoisotopic (exact) mass is 332 g/mol. The first kappa shape index (κ1) is 16.4. The molecule has 1 aromatic carbocycles. The second-order valence-electron chi connectivity index (χ2n) is 5.73. The fraction of sp³-hybridized carbons (Fsp3) is 0.471. The summed E-state index contributed by atoms with van der Waals surface area (Å²) in [6.07, 6.45) is 0.401. The van der Waals surface area contributed by atoms with E-state index in [9.17, 15) is 14.4 Å². The van der Waals surface area contributed by atoms with Crippen molar-refractivity contribution >= 4 is 23.5 Å². The van der Waals surface area contributed by atoms with Crippen LogP contribution in [0, 0.1) is 0 Å². The molecule has 1 aromatic rings. The molecule has 7 nitrogen and oxygen atoms in total. The van der Waals surface area contributed by atoms with Gasteiger partial charge in [0.05, 0.1) is 24.5 Å². The van der Waals surface area contributed by atoms with Gasteiger partial charge in [0.25, 0.3) is 5.91 Å². The van der Waals surface area contributed by atoms with Gasteiger partial charge >= 0.3 is 5.97 Å². The average molecular weight is 332 g/mol. The zero-order valence-electron chi connectivity index (χ0n) is 13.8. The number of para-hydroxylation sites is 1. The second-order valence-corrected chi connectivity index (χ2v) is 5.73. The highest BCUT2D eigenvalue weighted by atomic mass is 16.5. The molecule has 7 heteroatoms. The molecule has 2 amide bonds. The van der Waals surface area contributed by atoms with Crippen molar-refractivity contribution in [3.63, 3.8) is 0 Å². The minimum Gasteiger partial charge on any atom is -0.463 e. The Morgan fingerprint density at radius 1 is 1.29 bits per heavy atom. The Labute approximate surface area is 140 Å². The van der Waals surface area contributed by atoms with Gasteiger partial charge in [-0.15, -0.1) is 0 Å². The van der Waals surface area contributed by atoms with Crippen molar-refractivity contribution in [1.29, 1.82) is 0 Å². The van der Waals surface area contributed by atoms with Crippen LogP contribution in [0.1, 0.15) is 30.1 Å². The van der Waals surface area contributed by atoms with Crippen LogP contribution in [-0.2, 0) is 19.1 Å². The molecule has 0 aromatic heterocycles. The number of fused-ring (bicyclic) bond motifs is 3. The number of amides is 2. The van der Waals surface area contributed by atoms with Crippen molar-refractivity contribution in [1.82, 2.24) is 4.90 Å². The van der Waals surface area contributed by atoms with Crippen LogP contribution in [0.3, 0.4) is 0 Å². The van der Waals surface area contributed by atoms with E-state index in [0.29, 0.717) is 11.3 Å². The number of carbonyl (C=O) groups excluding carboxylic acids is 3. The molecule has 0 spiro atoms. The minimum absolute atomic E-state index is 0.177. The van der Waals surface area contributed by atoms with E-state index in [1.165, 1.54) is 16.9 Å². The van der Waals surface area contributed by atoms with E-state index in [2.05, 4.69) is 0 Å². The molecule has 2 heterocycles. The summed E-state index contributed by atoms with van der Waals surface area (Å²) in [6, 6.07) is 6.85. The molecular formula is C17H20N2O5. The summed E-state index contributed by atoms with van der Waals surface area (Å²) in [7, 11) is 1.52. The predicted molar refractivity (Wildman–Crippen MR) is 85.4 cm³/mol. The van der Waals surface area contributed by atoms with Crippen LogP contribution in [-0.4, -0.2) is 55.2 Å². The number of rotatable bonds is 5. The van der Waals surface area contributed by atoms with Gasteiger partial charge in [0.1, 0.15) is 0 Å². The van der Waals surface area contributed by atoms with Gasteiger partial charge in [-0.1, -0.05) is 12.1 Å². The largest absolute Gasteiger partial charge is 0.463 e. The Kier molecular flexibility index (Phi) is 4.28. The molecule has 0 saturated carbocycles. The Hall–Kier alpha value is -2.41. The van der Waals surface area contributed by atoms with Crippen molar-refractivity contribution in [3.05, 3.63) is 29.8 Å². The van der Waals surface area contributed by atoms with Gasteiger partial charge in [-0.25, -0.2) is 4.79 Å². The summed E-state index contributed by atoms with van der Waals surface area (Å²) in [4.78, 5) is 41.2. The number of benzene rings is 1. The SMILES string of the molecule is CCOC(=O)[C@@]12CCC(=O)N1c1ccccc1C(=O)N2CCOC. The molecule has 2 aliphatic rings. The van der Waals surface area contributed by atoms with E-state index in [4.69, 9.17) is 9.47 Å². The maximum atomic E-state index is 13.0. The summed E-state index contributed by atoms with van der Waals surface area (Å²) in [5, 5.41) is 0. The van der Waals surface area contributed by atoms with Crippen LogP contribution < -0.4 is 4.90 Å². The molecule has 1 saturated heterocycles. The number of nitrogens with zero attached hydrogens (tertiary/aromatic N) is 2. The summed E-state index contributed by atoms with van der Waals surface area (Å²) in [5.41, 5.74) is -0.549. The molecule has 24 heavy (non-hydrogen) atoms. The lowest BCUT2D eigenvalue weighted by Gasteiger charge is -2.48. The van der Waals surface area contributed by atoms with E-state index in [1.807, 2.05) is 0 Å². The highest BCUT2D eigenvalue weighted by molar-refractivity contribution is 6.15. The lowest BCUT2D eigenvalue weighted by molar-refractivity contribution is -0.157. The lowest BCUT2D eigenvalue weighted by Crippen LogP contribution is -2.69. The van der Waals surface area contributed by atoms with Crippen LogP contribution in [0.5, 0.6) is 0 Å². The fourth-order valence-electron chi connectivity index (χ4n) is 3.48. The van der Waals surface area contributed by atoms with Crippen molar-refractivity contribution in [2.75, 3.05) is 31.8 Å². The van der Waals surface area contributed by atoms with Gasteiger partial charge in [0.15, 0.2) is 0 Å². The van der Waals surface area contributed by atoms with Gasteiger partial charge in [-0.3, -0.25) is 14.5 Å². The number of hydrogen-bond donors (Lipinski definition) is 0. The third-order valence-corrected chi connectivity index (χ3v) is 4.50. The van der Waals surface area contributed by atoms with E-state index < -0.39 is 11.6 Å². The summed E-state index contributed by atoms with van der Waals surface area (Å²) in [5.74, 6) is -1.05. The Bertz CT molecular complexity index is 689. The Balaban J connectivity index is 2.18. The number of esters is 1. The zero-order chi connectivity index (χ0) is 17.3. The minimum atomic E-state index is -1.42. The number of anilines is 1. The molecule has 128 valence electrons. The maximum Gasteiger partial charge on any atom is 0.353 e. The fourth-order valence-corrected chi connectivity index (χ4v) is 3.48. The Morgan fingerprint density at radius 2 is 2.04 bits per heavy atom. The van der Waals surface area contributed by atoms with Gasteiger partial charge in [-0.2, -0.15) is 0 Å². The molecule has 3 rings (SSSR count). The topological polar surface area (TPSA) is 76.2 Å². The van der Waals surface area contributed by atoms with Crippen LogP contribution >= 0.6 is 0 Å². The standard InChI is InChI=1S/C17H20N2O5/c1-3-24-16(22)17-9-8-14(20)19(17)13-7-5-4-6-12(13)15(21)18(17)10-11-23-2/h4-7H,3,8-11H2,1-2H3/t17-/m1/s1. The molecule has 0 bridgehead atoms. The predicted octanol–water partition coefficient (Wildman–Crippen LogP) is 1.18. The number of carbonyl (C=O) groups is 3. The van der Waals surface area contributed by atoms with Crippen molar-refractivity contribution < 1.29 is 23.9 Å². The summed E-state index contributed by atoms with van der Waals surface area (Å²) < 4.78 is 10.3. The number of ether oxygens (including phenoxy) is 2. The van der Waals surface area contributed by atoms with Crippen LogP contribution in [0.4, 0.5) is 5.69 Å². The quantitative estimate of drug-likeness (QED) is 0.757. The van der Waals surface area contributed by atoms with Crippen LogP contribution in [0.25, 0.3) is 0 Å². The van der Waals surface area contributed by atoms with Crippen LogP contribution in [0.2, 0.25) is 0 Å². The molecular weight excluding hydrogens is 312 g/mol. The summed E-state index contributed by atoms with van der Waals surface area (Å²) >= 11 is 0. The molecule has 0 unspecified atom stereocenters. The molecule has 0 radical (unpaired) electrons. The van der Waals surface area contributed by atoms with E-state index in [1.54, 1.807) is 31.2 Å². The highest BCUT2D eigenvalue weighted by Crippen LogP contribution is 2.44. The zero-order valence-corrected chi connectivity index (χ0v) is 13.8. The van der Waals surface area contributed by atoms with E-state index in [-0.39, 0.29) is 44.4 Å². The first-order valence-corrected chi connectivity index (χ1v) is 7.98. The molecule has 2 aliphatic heterocycles. The van der Waals surface area contributed by atoms with E-state index >= 15 is 0 Å². The smallest absolute Gasteiger partial charge is 0.353 e. The first-order chi connectivity index (χ1) is 11.6. The Morgan fingerprint density at radius 3 is 2.75 bits per heavy atom. The molecule has 1 fully saturated rings. The van der Waals surface area contributed by atoms with Crippen molar-refractivity contribution in [3.8, 4) is 0 Å². The van der Waals surface area contributed by atoms with Gasteiger partial charge in [-0.05, 0) is 19.1 Å². The van der Waals surface area contributed by atoms with Crippen LogP contribution in [0.15, 0.2) is 24.3 Å². The van der Waals surface area contributed by atoms with Gasteiger partial charge < -0.3 is 14.4 Å². The molecule has 1 atom stereocenters. The van der Waals surface area contributed by atoms with Crippen molar-refractivity contribution in [2.45, 2.75) is 25.4 Å². The number of hydrogen-bond acceptors (Lipinski definition) is 5. The number of methoxy groups -OCH3 is 1. The van der Waals surface area contributed by atoms with Gasteiger partial charge in [0.2, 0.25) is 11.6 Å². The highest BCUT2D eigenvalue weighted by Gasteiger charge is 2.61. The van der Waals surface area contributed by atoms with E-state index in [0.717, 1.165) is 0 Å². The molecule has 0 N–H and O–H groups in total. The first-order valence-electron chi connectivity index (χ1n) is 7.98. The second kappa shape index (κ2) is 6.24. The average Bonchev–Trinajstić information content (AvgIpc) is 2.94. The summed E-state index contributed by atoms with van der Waals surface area (Å²) in [6.45, 7) is 2.34. The third kappa shape index (κ3) is 2.19.